The summed E-state index contributed by atoms with van der Waals surface area (Å²) in [5, 5.41) is 6.44. The van der Waals surface area contributed by atoms with E-state index in [0.29, 0.717) is 19.6 Å². The van der Waals surface area contributed by atoms with Gasteiger partial charge in [-0.3, -0.25) is 4.99 Å². The first-order valence-corrected chi connectivity index (χ1v) is 9.20. The first-order chi connectivity index (χ1) is 9.45. The van der Waals surface area contributed by atoms with E-state index in [4.69, 9.17) is 0 Å². The van der Waals surface area contributed by atoms with Crippen molar-refractivity contribution in [2.45, 2.75) is 39.5 Å². The second kappa shape index (κ2) is 13.6. The van der Waals surface area contributed by atoms with E-state index in [1.807, 2.05) is 6.92 Å². The maximum absolute atomic E-state index is 11.4. The third-order valence-corrected chi connectivity index (χ3v) is 4.37. The second-order valence-electron chi connectivity index (χ2n) is 4.74. The van der Waals surface area contributed by atoms with Gasteiger partial charge in [0.25, 0.3) is 0 Å². The summed E-state index contributed by atoms with van der Waals surface area (Å²) in [6.07, 6.45) is 5.56. The van der Waals surface area contributed by atoms with Crippen LogP contribution in [0.2, 0.25) is 0 Å². The van der Waals surface area contributed by atoms with Crippen LogP contribution in [0.3, 0.4) is 0 Å². The highest BCUT2D eigenvalue weighted by atomic mass is 127. The van der Waals surface area contributed by atoms with Crippen LogP contribution >= 0.6 is 24.0 Å². The van der Waals surface area contributed by atoms with Crippen LogP contribution in [0, 0.1) is 0 Å². The lowest BCUT2D eigenvalue weighted by Crippen LogP contribution is -2.39. The molecule has 0 aliphatic heterocycles. The van der Waals surface area contributed by atoms with Crippen LogP contribution in [-0.2, 0) is 10.0 Å². The largest absolute Gasteiger partial charge is 0.356 e. The molecule has 0 fully saturated rings. The summed E-state index contributed by atoms with van der Waals surface area (Å²) >= 11 is 0. The quantitative estimate of drug-likeness (QED) is 0.237. The van der Waals surface area contributed by atoms with Gasteiger partial charge in [0.15, 0.2) is 5.96 Å². The van der Waals surface area contributed by atoms with Crippen molar-refractivity contribution in [2.24, 2.45) is 4.99 Å². The summed E-state index contributed by atoms with van der Waals surface area (Å²) in [5.74, 6) is 0.781. The molecule has 0 spiro atoms. The molecule has 0 radical (unpaired) electrons. The number of hydrogen-bond acceptors (Lipinski definition) is 3. The number of halogens is 1. The van der Waals surface area contributed by atoms with Crippen molar-refractivity contribution in [1.82, 2.24) is 14.9 Å². The molecule has 0 saturated carbocycles. The molecule has 21 heavy (non-hydrogen) atoms. The number of sulfonamides is 1. The van der Waals surface area contributed by atoms with Gasteiger partial charge < -0.3 is 10.6 Å². The molecular weight excluding hydrogens is 403 g/mol. The second-order valence-corrected chi connectivity index (χ2v) is 6.72. The van der Waals surface area contributed by atoms with Gasteiger partial charge in [-0.2, -0.15) is 0 Å². The molecule has 0 heterocycles. The number of aliphatic imine (C=N–C) groups is 1. The first-order valence-electron chi connectivity index (χ1n) is 7.35. The van der Waals surface area contributed by atoms with E-state index in [-0.39, 0.29) is 24.0 Å². The van der Waals surface area contributed by atoms with Gasteiger partial charge in [0, 0.05) is 33.2 Å². The summed E-state index contributed by atoms with van der Waals surface area (Å²) in [7, 11) is -1.34. The van der Waals surface area contributed by atoms with Crippen LogP contribution in [0.4, 0.5) is 0 Å². The normalized spacial score (nSPS) is 12.1. The maximum Gasteiger partial charge on any atom is 0.211 e. The van der Waals surface area contributed by atoms with Crippen molar-refractivity contribution in [3.63, 3.8) is 0 Å². The molecule has 0 atom stereocenters. The van der Waals surface area contributed by atoms with Gasteiger partial charge in [0.1, 0.15) is 0 Å². The summed E-state index contributed by atoms with van der Waals surface area (Å²) in [4.78, 5) is 4.13. The Kier molecular flexibility index (Phi) is 15.0. The summed E-state index contributed by atoms with van der Waals surface area (Å²) in [6.45, 7) is 6.70. The van der Waals surface area contributed by atoms with Gasteiger partial charge >= 0.3 is 0 Å². The summed E-state index contributed by atoms with van der Waals surface area (Å²) < 4.78 is 24.3. The molecule has 0 aromatic heterocycles. The van der Waals surface area contributed by atoms with Gasteiger partial charge in [-0.1, -0.05) is 26.7 Å². The Bertz CT molecular complexity index is 374. The predicted molar refractivity (Wildman–Crippen MR) is 101 cm³/mol. The fourth-order valence-electron chi connectivity index (χ4n) is 1.82. The van der Waals surface area contributed by atoms with Crippen LogP contribution in [0.25, 0.3) is 0 Å². The Morgan fingerprint density at radius 2 is 1.67 bits per heavy atom. The molecule has 0 aromatic rings. The molecule has 0 amide bonds. The standard InChI is InChI=1S/C13H30N4O2S.HI/c1-5-7-8-10-15-13(14-3)16-11-9-12-17(6-2)20(4,18)19;/h5-12H2,1-4H3,(H2,14,15,16);1H. The summed E-state index contributed by atoms with van der Waals surface area (Å²) in [6, 6.07) is 0. The highest BCUT2D eigenvalue weighted by molar-refractivity contribution is 14.0. The Hall–Kier alpha value is -0.0900. The van der Waals surface area contributed by atoms with Crippen molar-refractivity contribution < 1.29 is 8.42 Å². The zero-order valence-electron chi connectivity index (χ0n) is 13.7. The highest BCUT2D eigenvalue weighted by Crippen LogP contribution is 1.98. The number of nitrogens with one attached hydrogen (secondary N) is 2. The van der Waals surface area contributed by atoms with E-state index in [2.05, 4.69) is 22.5 Å². The minimum Gasteiger partial charge on any atom is -0.356 e. The lowest BCUT2D eigenvalue weighted by molar-refractivity contribution is 0.424. The molecule has 0 rings (SSSR count). The molecule has 0 bridgehead atoms. The van der Waals surface area contributed by atoms with Crippen LogP contribution in [0.15, 0.2) is 4.99 Å². The third kappa shape index (κ3) is 12.2. The molecule has 2 N–H and O–H groups in total. The molecule has 0 aliphatic rings. The Labute approximate surface area is 147 Å². The van der Waals surface area contributed by atoms with Crippen molar-refractivity contribution in [3.05, 3.63) is 0 Å². The molecule has 8 heteroatoms. The molecule has 0 unspecified atom stereocenters. The van der Waals surface area contributed by atoms with Crippen LogP contribution in [-0.4, -0.2) is 58.2 Å². The van der Waals surface area contributed by atoms with Gasteiger partial charge in [-0.25, -0.2) is 12.7 Å². The lowest BCUT2D eigenvalue weighted by Gasteiger charge is -2.18. The van der Waals surface area contributed by atoms with Gasteiger partial charge in [0.2, 0.25) is 10.0 Å². The molecule has 128 valence electrons. The minimum atomic E-state index is -3.08. The van der Waals surface area contributed by atoms with Gasteiger partial charge in [-0.05, 0) is 12.8 Å². The van der Waals surface area contributed by atoms with E-state index < -0.39 is 10.0 Å². The van der Waals surface area contributed by atoms with Gasteiger partial charge in [-0.15, -0.1) is 24.0 Å². The maximum atomic E-state index is 11.4. The molecule has 6 nitrogen and oxygen atoms in total. The number of hydrogen-bond donors (Lipinski definition) is 2. The predicted octanol–water partition coefficient (Wildman–Crippen LogP) is 1.63. The topological polar surface area (TPSA) is 73.8 Å². The summed E-state index contributed by atoms with van der Waals surface area (Å²) in [5.41, 5.74) is 0. The van der Waals surface area contributed by atoms with Crippen molar-refractivity contribution in [1.29, 1.82) is 0 Å². The Morgan fingerprint density at radius 1 is 1.10 bits per heavy atom. The van der Waals surface area contributed by atoms with Crippen molar-refractivity contribution in [2.75, 3.05) is 39.5 Å². The highest BCUT2D eigenvalue weighted by Gasteiger charge is 2.13. The third-order valence-electron chi connectivity index (χ3n) is 2.99. The van der Waals surface area contributed by atoms with Gasteiger partial charge in [0.05, 0.1) is 6.26 Å². The number of guanidine groups is 1. The first kappa shape index (κ1) is 23.2. The fraction of sp³-hybridized carbons (Fsp3) is 0.923. The van der Waals surface area contributed by atoms with E-state index in [1.165, 1.54) is 23.4 Å². The fourth-order valence-corrected chi connectivity index (χ4v) is 2.75. The number of rotatable bonds is 10. The SMILES string of the molecule is CCCCCNC(=NC)NCCCN(CC)S(C)(=O)=O.I. The van der Waals surface area contributed by atoms with E-state index in [0.717, 1.165) is 25.3 Å². The zero-order chi connectivity index (χ0) is 15.4. The van der Waals surface area contributed by atoms with Crippen LogP contribution < -0.4 is 10.6 Å². The number of nitrogens with zero attached hydrogens (tertiary/aromatic N) is 2. The van der Waals surface area contributed by atoms with E-state index >= 15 is 0 Å². The van der Waals surface area contributed by atoms with E-state index in [1.54, 1.807) is 7.05 Å². The smallest absolute Gasteiger partial charge is 0.211 e. The Morgan fingerprint density at radius 3 is 2.10 bits per heavy atom. The van der Waals surface area contributed by atoms with E-state index in [9.17, 15) is 8.42 Å². The van der Waals surface area contributed by atoms with Crippen LogP contribution in [0.5, 0.6) is 0 Å². The van der Waals surface area contributed by atoms with Crippen molar-refractivity contribution in [3.8, 4) is 0 Å². The lowest BCUT2D eigenvalue weighted by atomic mass is 10.2. The molecule has 0 aromatic carbocycles. The number of unbranched alkanes of at least 4 members (excludes halogenated alkanes) is 2. The molecule has 0 saturated heterocycles. The average molecular weight is 434 g/mol. The molecular formula is C13H31IN4O2S. The Balaban J connectivity index is 0. The molecule has 0 aliphatic carbocycles. The average Bonchev–Trinajstić information content (AvgIpc) is 2.39. The monoisotopic (exact) mass is 434 g/mol. The zero-order valence-corrected chi connectivity index (χ0v) is 16.8. The van der Waals surface area contributed by atoms with Crippen LogP contribution in [0.1, 0.15) is 39.5 Å². The minimum absolute atomic E-state index is 0. The van der Waals surface area contributed by atoms with Crippen molar-refractivity contribution >= 4 is 40.0 Å².